The predicted octanol–water partition coefficient (Wildman–Crippen LogP) is 3.44. The average Bonchev–Trinajstić information content (AvgIpc) is 2.38. The Hall–Kier alpha value is -1.51. The molecule has 0 atom stereocenters. The molecule has 17 heavy (non-hydrogen) atoms. The molecule has 0 spiro atoms. The van der Waals surface area contributed by atoms with Gasteiger partial charge in [0.1, 0.15) is 11.6 Å². The Bertz CT molecular complexity index is 372. The van der Waals surface area contributed by atoms with Gasteiger partial charge in [0.15, 0.2) is 0 Å². The first-order valence-electron chi connectivity index (χ1n) is 6.39. The molecular formula is C14H20N2O. The molecule has 1 aliphatic rings. The van der Waals surface area contributed by atoms with Gasteiger partial charge in [-0.1, -0.05) is 6.92 Å². The van der Waals surface area contributed by atoms with Gasteiger partial charge in [0.05, 0.1) is 6.61 Å². The molecule has 0 radical (unpaired) electrons. The zero-order chi connectivity index (χ0) is 12.1. The number of nitrogens with one attached hydrogen (secondary N) is 1. The van der Waals surface area contributed by atoms with E-state index in [4.69, 9.17) is 10.1 Å². The summed E-state index contributed by atoms with van der Waals surface area (Å²) in [6.07, 6.45) is 4.25. The molecule has 0 amide bonds. The number of ether oxygens (including phenoxy) is 1. The summed E-state index contributed by atoms with van der Waals surface area (Å²) in [6, 6.07) is 8.08. The molecule has 2 rings (SSSR count). The molecule has 1 heterocycles. The minimum atomic E-state index is 0.735. The highest BCUT2D eigenvalue weighted by Gasteiger charge is 2.16. The van der Waals surface area contributed by atoms with Crippen molar-refractivity contribution in [1.82, 2.24) is 0 Å². The highest BCUT2D eigenvalue weighted by molar-refractivity contribution is 5.96. The quantitative estimate of drug-likeness (QED) is 0.863. The molecule has 0 aromatic heterocycles. The first-order valence-corrected chi connectivity index (χ1v) is 6.39. The van der Waals surface area contributed by atoms with E-state index in [2.05, 4.69) is 11.8 Å². The Morgan fingerprint density at radius 2 is 2.00 bits per heavy atom. The van der Waals surface area contributed by atoms with E-state index in [0.717, 1.165) is 49.7 Å². The van der Waals surface area contributed by atoms with Crippen molar-refractivity contribution in [2.45, 2.75) is 32.6 Å². The van der Waals surface area contributed by atoms with Crippen LogP contribution in [0.3, 0.4) is 0 Å². The van der Waals surface area contributed by atoms with Crippen molar-refractivity contribution in [3.8, 4) is 5.75 Å². The summed E-state index contributed by atoms with van der Waals surface area (Å²) in [7, 11) is 0. The Kier molecular flexibility index (Phi) is 4.02. The number of benzene rings is 1. The molecule has 0 unspecified atom stereocenters. The Morgan fingerprint density at radius 3 is 2.65 bits per heavy atom. The largest absolute Gasteiger partial charge is 0.494 e. The van der Waals surface area contributed by atoms with Gasteiger partial charge in [-0.05, 0) is 43.5 Å². The van der Waals surface area contributed by atoms with Crippen LogP contribution in [-0.4, -0.2) is 19.0 Å². The lowest BCUT2D eigenvalue weighted by atomic mass is 10.1. The third-order valence-electron chi connectivity index (χ3n) is 2.99. The van der Waals surface area contributed by atoms with Crippen molar-refractivity contribution in [1.29, 1.82) is 5.41 Å². The van der Waals surface area contributed by atoms with E-state index in [0.29, 0.717) is 0 Å². The number of anilines is 1. The second-order valence-electron chi connectivity index (χ2n) is 4.40. The van der Waals surface area contributed by atoms with Gasteiger partial charge in [0, 0.05) is 18.7 Å². The number of hydrogen-bond donors (Lipinski definition) is 1. The molecule has 1 aliphatic heterocycles. The monoisotopic (exact) mass is 232 g/mol. The van der Waals surface area contributed by atoms with E-state index >= 15 is 0 Å². The van der Waals surface area contributed by atoms with E-state index in [1.54, 1.807) is 0 Å². The fourth-order valence-corrected chi connectivity index (χ4v) is 2.06. The van der Waals surface area contributed by atoms with Gasteiger partial charge < -0.3 is 9.64 Å². The topological polar surface area (TPSA) is 36.3 Å². The number of nitrogens with zero attached hydrogens (tertiary/aromatic N) is 1. The summed E-state index contributed by atoms with van der Waals surface area (Å²) in [5.41, 5.74) is 1.11. The Balaban J connectivity index is 2.03. The van der Waals surface area contributed by atoms with Crippen molar-refractivity contribution in [2.24, 2.45) is 0 Å². The second-order valence-corrected chi connectivity index (χ2v) is 4.40. The minimum absolute atomic E-state index is 0.735. The number of hydrogen-bond acceptors (Lipinski definition) is 2. The standard InChI is InChI=1S/C14H20N2O/c1-2-11-17-13-8-6-12(7-9-13)16-10-4-3-5-14(16)15/h6-9,15H,2-5,10-11H2,1H3. The van der Waals surface area contributed by atoms with Crippen molar-refractivity contribution in [3.63, 3.8) is 0 Å². The maximum absolute atomic E-state index is 7.94. The summed E-state index contributed by atoms with van der Waals surface area (Å²) in [6.45, 7) is 3.83. The molecule has 3 heteroatoms. The zero-order valence-corrected chi connectivity index (χ0v) is 10.4. The lowest BCUT2D eigenvalue weighted by Crippen LogP contribution is -2.34. The molecule has 1 saturated heterocycles. The second kappa shape index (κ2) is 5.71. The molecule has 1 aromatic rings. The van der Waals surface area contributed by atoms with Crippen molar-refractivity contribution in [3.05, 3.63) is 24.3 Å². The molecule has 1 fully saturated rings. The van der Waals surface area contributed by atoms with Gasteiger partial charge in [0.25, 0.3) is 0 Å². The smallest absolute Gasteiger partial charge is 0.119 e. The third-order valence-corrected chi connectivity index (χ3v) is 2.99. The molecule has 0 saturated carbocycles. The van der Waals surface area contributed by atoms with E-state index in [-0.39, 0.29) is 0 Å². The van der Waals surface area contributed by atoms with Gasteiger partial charge in [-0.15, -0.1) is 0 Å². The average molecular weight is 232 g/mol. The highest BCUT2D eigenvalue weighted by atomic mass is 16.5. The van der Waals surface area contributed by atoms with Gasteiger partial charge >= 0.3 is 0 Å². The van der Waals surface area contributed by atoms with Crippen LogP contribution in [0.1, 0.15) is 32.6 Å². The molecule has 3 nitrogen and oxygen atoms in total. The number of rotatable bonds is 4. The molecule has 92 valence electrons. The van der Waals surface area contributed by atoms with Gasteiger partial charge in [-0.3, -0.25) is 5.41 Å². The van der Waals surface area contributed by atoms with Crippen LogP contribution in [0, 0.1) is 5.41 Å². The molecule has 0 aliphatic carbocycles. The van der Waals surface area contributed by atoms with Crippen molar-refractivity contribution >= 4 is 11.5 Å². The zero-order valence-electron chi connectivity index (χ0n) is 10.4. The lowest BCUT2D eigenvalue weighted by Gasteiger charge is -2.29. The Morgan fingerprint density at radius 1 is 1.24 bits per heavy atom. The summed E-state index contributed by atoms with van der Waals surface area (Å²) in [5.74, 6) is 1.65. The van der Waals surface area contributed by atoms with Crippen LogP contribution < -0.4 is 9.64 Å². The third kappa shape index (κ3) is 2.99. The first kappa shape index (κ1) is 12.0. The maximum Gasteiger partial charge on any atom is 0.119 e. The normalized spacial score (nSPS) is 16.1. The Labute approximate surface area is 103 Å². The van der Waals surface area contributed by atoms with Crippen LogP contribution in [0.15, 0.2) is 24.3 Å². The lowest BCUT2D eigenvalue weighted by molar-refractivity contribution is 0.317. The van der Waals surface area contributed by atoms with E-state index in [1.807, 2.05) is 24.3 Å². The summed E-state index contributed by atoms with van der Waals surface area (Å²) in [4.78, 5) is 2.09. The predicted molar refractivity (Wildman–Crippen MR) is 71.2 cm³/mol. The molecule has 1 aromatic carbocycles. The molecule has 1 N–H and O–H groups in total. The molecule has 0 bridgehead atoms. The van der Waals surface area contributed by atoms with Crippen LogP contribution >= 0.6 is 0 Å². The summed E-state index contributed by atoms with van der Waals surface area (Å²) >= 11 is 0. The van der Waals surface area contributed by atoms with E-state index in [9.17, 15) is 0 Å². The van der Waals surface area contributed by atoms with Gasteiger partial charge in [-0.2, -0.15) is 0 Å². The van der Waals surface area contributed by atoms with Crippen LogP contribution in [0.2, 0.25) is 0 Å². The number of amidine groups is 1. The fraction of sp³-hybridized carbons (Fsp3) is 0.500. The van der Waals surface area contributed by atoms with Crippen LogP contribution in [-0.2, 0) is 0 Å². The van der Waals surface area contributed by atoms with E-state index in [1.165, 1.54) is 6.42 Å². The van der Waals surface area contributed by atoms with E-state index < -0.39 is 0 Å². The maximum atomic E-state index is 7.94. The number of piperidine rings is 1. The van der Waals surface area contributed by atoms with Crippen molar-refractivity contribution in [2.75, 3.05) is 18.1 Å². The highest BCUT2D eigenvalue weighted by Crippen LogP contribution is 2.23. The van der Waals surface area contributed by atoms with Crippen LogP contribution in [0.5, 0.6) is 5.75 Å². The van der Waals surface area contributed by atoms with Gasteiger partial charge in [0.2, 0.25) is 0 Å². The first-order chi connectivity index (χ1) is 8.31. The molecular weight excluding hydrogens is 212 g/mol. The SMILES string of the molecule is CCCOc1ccc(N2CCCCC2=N)cc1. The van der Waals surface area contributed by atoms with Gasteiger partial charge in [-0.25, -0.2) is 0 Å². The van der Waals surface area contributed by atoms with Crippen LogP contribution in [0.4, 0.5) is 5.69 Å². The fourth-order valence-electron chi connectivity index (χ4n) is 2.06. The summed E-state index contributed by atoms with van der Waals surface area (Å²) in [5, 5.41) is 7.94. The van der Waals surface area contributed by atoms with Crippen LogP contribution in [0.25, 0.3) is 0 Å². The van der Waals surface area contributed by atoms with Crippen molar-refractivity contribution < 1.29 is 4.74 Å². The summed E-state index contributed by atoms with van der Waals surface area (Å²) < 4.78 is 5.55. The minimum Gasteiger partial charge on any atom is -0.494 e.